The standard InChI is InChI=1S/C25H21IN2O3/c1-15-5-6-16(2)20(12-15)23(29)21-22(18-7-9-19(26)10-8-18)28(25(31)24(21)30)14-17-4-3-11-27-13-17/h3-13,22,29H,14H2,1-2H3. The van der Waals surface area contributed by atoms with E-state index >= 15 is 0 Å². The number of likely N-dealkylation sites (tertiary alicyclic amines) is 1. The maximum absolute atomic E-state index is 13.1. The van der Waals surface area contributed by atoms with Crippen molar-refractivity contribution in [2.45, 2.75) is 26.4 Å². The fourth-order valence-corrected chi connectivity index (χ4v) is 4.22. The maximum atomic E-state index is 13.1. The molecule has 0 saturated carbocycles. The van der Waals surface area contributed by atoms with Crippen LogP contribution in [0, 0.1) is 17.4 Å². The molecule has 0 radical (unpaired) electrons. The SMILES string of the molecule is Cc1ccc(C)c(C(O)=C2C(=O)C(=O)N(Cc3cccnc3)C2c2ccc(I)cc2)c1. The smallest absolute Gasteiger partial charge is 0.295 e. The summed E-state index contributed by atoms with van der Waals surface area (Å²) in [6.45, 7) is 4.02. The van der Waals surface area contributed by atoms with Crippen LogP contribution in [0.2, 0.25) is 0 Å². The van der Waals surface area contributed by atoms with Gasteiger partial charge < -0.3 is 10.0 Å². The molecular weight excluding hydrogens is 503 g/mol. The zero-order valence-corrected chi connectivity index (χ0v) is 19.3. The van der Waals surface area contributed by atoms with Crippen molar-refractivity contribution in [3.05, 3.63) is 104 Å². The Morgan fingerprint density at radius 1 is 1.10 bits per heavy atom. The first-order valence-electron chi connectivity index (χ1n) is 9.87. The van der Waals surface area contributed by atoms with Crippen LogP contribution in [0.1, 0.15) is 33.9 Å². The van der Waals surface area contributed by atoms with Crippen LogP contribution in [-0.2, 0) is 16.1 Å². The number of ketones is 1. The summed E-state index contributed by atoms with van der Waals surface area (Å²) in [7, 11) is 0. The molecule has 1 aliphatic rings. The first-order chi connectivity index (χ1) is 14.9. The summed E-state index contributed by atoms with van der Waals surface area (Å²) in [5.41, 5.74) is 4.06. The Labute approximate surface area is 194 Å². The van der Waals surface area contributed by atoms with Crippen molar-refractivity contribution in [2.75, 3.05) is 0 Å². The summed E-state index contributed by atoms with van der Waals surface area (Å²) in [5, 5.41) is 11.3. The lowest BCUT2D eigenvalue weighted by atomic mass is 9.93. The molecule has 31 heavy (non-hydrogen) atoms. The van der Waals surface area contributed by atoms with Gasteiger partial charge >= 0.3 is 0 Å². The van der Waals surface area contributed by atoms with Gasteiger partial charge in [0.05, 0.1) is 11.6 Å². The highest BCUT2D eigenvalue weighted by Crippen LogP contribution is 2.40. The van der Waals surface area contributed by atoms with Gasteiger partial charge in [-0.05, 0) is 77.4 Å². The minimum Gasteiger partial charge on any atom is -0.507 e. The third kappa shape index (κ3) is 4.12. The van der Waals surface area contributed by atoms with Crippen molar-refractivity contribution in [3.63, 3.8) is 0 Å². The van der Waals surface area contributed by atoms with E-state index in [0.29, 0.717) is 5.56 Å². The number of carbonyl (C=O) groups excluding carboxylic acids is 2. The van der Waals surface area contributed by atoms with Crippen LogP contribution in [-0.4, -0.2) is 26.7 Å². The number of hydrogen-bond donors (Lipinski definition) is 1. The number of hydrogen-bond acceptors (Lipinski definition) is 4. The van der Waals surface area contributed by atoms with E-state index in [9.17, 15) is 14.7 Å². The van der Waals surface area contributed by atoms with Gasteiger partial charge in [0.25, 0.3) is 11.7 Å². The molecule has 2 aromatic carbocycles. The lowest BCUT2D eigenvalue weighted by Gasteiger charge is -2.25. The van der Waals surface area contributed by atoms with Crippen LogP contribution in [0.4, 0.5) is 0 Å². The minimum atomic E-state index is -0.683. The molecule has 0 bridgehead atoms. The molecule has 1 unspecified atom stereocenters. The van der Waals surface area contributed by atoms with E-state index in [2.05, 4.69) is 27.6 Å². The van der Waals surface area contributed by atoms with Crippen LogP contribution in [0.3, 0.4) is 0 Å². The lowest BCUT2D eigenvalue weighted by molar-refractivity contribution is -0.140. The van der Waals surface area contributed by atoms with E-state index in [1.807, 2.05) is 62.4 Å². The molecule has 1 atom stereocenters. The predicted molar refractivity (Wildman–Crippen MR) is 127 cm³/mol. The monoisotopic (exact) mass is 524 g/mol. The molecule has 1 aromatic heterocycles. The zero-order valence-electron chi connectivity index (χ0n) is 17.2. The predicted octanol–water partition coefficient (Wildman–Crippen LogP) is 4.92. The number of aromatic nitrogens is 1. The van der Waals surface area contributed by atoms with E-state index in [4.69, 9.17) is 0 Å². The molecule has 1 aliphatic heterocycles. The number of aliphatic hydroxyl groups is 1. The third-order valence-corrected chi connectivity index (χ3v) is 6.17. The lowest BCUT2D eigenvalue weighted by Crippen LogP contribution is -2.29. The highest BCUT2D eigenvalue weighted by Gasteiger charge is 2.46. The number of benzene rings is 2. The molecule has 5 nitrogen and oxygen atoms in total. The van der Waals surface area contributed by atoms with Crippen LogP contribution < -0.4 is 0 Å². The van der Waals surface area contributed by atoms with E-state index in [1.165, 1.54) is 4.90 Å². The summed E-state index contributed by atoms with van der Waals surface area (Å²) < 4.78 is 1.04. The van der Waals surface area contributed by atoms with Crippen LogP contribution in [0.15, 0.2) is 72.6 Å². The van der Waals surface area contributed by atoms with E-state index in [-0.39, 0.29) is 17.9 Å². The fraction of sp³-hybridized carbons (Fsp3) is 0.160. The second kappa shape index (κ2) is 8.63. The number of Topliss-reactive ketones (excluding diaryl/α,β-unsaturated/α-hetero) is 1. The van der Waals surface area contributed by atoms with Crippen molar-refractivity contribution >= 4 is 40.0 Å². The summed E-state index contributed by atoms with van der Waals surface area (Å²) in [6.07, 6.45) is 3.34. The molecule has 156 valence electrons. The highest BCUT2D eigenvalue weighted by atomic mass is 127. The van der Waals surface area contributed by atoms with Gasteiger partial charge in [0, 0.05) is 28.1 Å². The maximum Gasteiger partial charge on any atom is 0.295 e. The van der Waals surface area contributed by atoms with Crippen LogP contribution in [0.5, 0.6) is 0 Å². The van der Waals surface area contributed by atoms with Gasteiger partial charge in [-0.25, -0.2) is 0 Å². The second-order valence-corrected chi connectivity index (χ2v) is 8.90. The van der Waals surface area contributed by atoms with Crippen molar-refractivity contribution in [2.24, 2.45) is 0 Å². The topological polar surface area (TPSA) is 70.5 Å². The zero-order chi connectivity index (χ0) is 22.1. The average Bonchev–Trinajstić information content (AvgIpc) is 3.01. The van der Waals surface area contributed by atoms with Crippen LogP contribution >= 0.6 is 22.6 Å². The number of aliphatic hydroxyl groups excluding tert-OH is 1. The first-order valence-corrected chi connectivity index (χ1v) is 10.9. The highest BCUT2D eigenvalue weighted by molar-refractivity contribution is 14.1. The Kier molecular flexibility index (Phi) is 5.91. The van der Waals surface area contributed by atoms with Gasteiger partial charge in [-0.3, -0.25) is 14.6 Å². The van der Waals surface area contributed by atoms with Gasteiger partial charge in [0.1, 0.15) is 5.76 Å². The fourth-order valence-electron chi connectivity index (χ4n) is 3.86. The Bertz CT molecular complexity index is 1190. The normalized spacial score (nSPS) is 17.9. The number of aryl methyl sites for hydroxylation is 2. The molecule has 3 aromatic rings. The molecule has 1 saturated heterocycles. The first kappa shape index (κ1) is 21.2. The molecule has 1 fully saturated rings. The molecule has 0 spiro atoms. The number of amides is 1. The number of pyridine rings is 1. The van der Waals surface area contributed by atoms with Crippen molar-refractivity contribution < 1.29 is 14.7 Å². The van der Waals surface area contributed by atoms with Crippen molar-refractivity contribution in [1.82, 2.24) is 9.88 Å². The summed E-state index contributed by atoms with van der Waals surface area (Å²) >= 11 is 2.21. The molecular formula is C25H21IN2O3. The van der Waals surface area contributed by atoms with Crippen LogP contribution in [0.25, 0.3) is 5.76 Å². The molecule has 0 aliphatic carbocycles. The summed E-state index contributed by atoms with van der Waals surface area (Å²) in [4.78, 5) is 31.8. The Balaban J connectivity index is 1.90. The third-order valence-electron chi connectivity index (χ3n) is 5.45. The molecule has 4 rings (SSSR count). The summed E-state index contributed by atoms with van der Waals surface area (Å²) in [5.74, 6) is -1.44. The van der Waals surface area contributed by atoms with Gasteiger partial charge in [-0.15, -0.1) is 0 Å². The van der Waals surface area contributed by atoms with Gasteiger partial charge in [-0.1, -0.05) is 35.9 Å². The van der Waals surface area contributed by atoms with Gasteiger partial charge in [0.15, 0.2) is 0 Å². The number of halogens is 1. The van der Waals surface area contributed by atoms with Crippen molar-refractivity contribution in [1.29, 1.82) is 0 Å². The Morgan fingerprint density at radius 3 is 2.52 bits per heavy atom. The molecule has 2 heterocycles. The Morgan fingerprint density at radius 2 is 1.84 bits per heavy atom. The van der Waals surface area contributed by atoms with Crippen molar-refractivity contribution in [3.8, 4) is 0 Å². The minimum absolute atomic E-state index is 0.115. The largest absolute Gasteiger partial charge is 0.507 e. The van der Waals surface area contributed by atoms with E-state index in [0.717, 1.165) is 25.8 Å². The van der Waals surface area contributed by atoms with E-state index < -0.39 is 17.7 Å². The van der Waals surface area contributed by atoms with Gasteiger partial charge in [0.2, 0.25) is 0 Å². The van der Waals surface area contributed by atoms with E-state index in [1.54, 1.807) is 18.5 Å². The number of carbonyl (C=O) groups is 2. The second-order valence-electron chi connectivity index (χ2n) is 7.66. The summed E-state index contributed by atoms with van der Waals surface area (Å²) in [6, 6.07) is 16.3. The number of rotatable bonds is 4. The quantitative estimate of drug-likeness (QED) is 0.228. The number of nitrogens with zero attached hydrogens (tertiary/aromatic N) is 2. The molecule has 1 amide bonds. The van der Waals surface area contributed by atoms with Gasteiger partial charge in [-0.2, -0.15) is 0 Å². The Hall–Kier alpha value is -3.00. The molecule has 1 N–H and O–H groups in total. The average molecular weight is 524 g/mol. The molecule has 6 heteroatoms.